The van der Waals surface area contributed by atoms with Crippen molar-refractivity contribution in [3.05, 3.63) is 23.8 Å². The van der Waals surface area contributed by atoms with Crippen molar-refractivity contribution in [1.82, 2.24) is 0 Å². The number of hydrogen-bond acceptors (Lipinski definition) is 4. The highest BCUT2D eigenvalue weighted by Gasteiger charge is 2.25. The van der Waals surface area contributed by atoms with Crippen molar-refractivity contribution in [2.75, 3.05) is 6.79 Å². The summed E-state index contributed by atoms with van der Waals surface area (Å²) in [5.74, 6) is 0.421. The first kappa shape index (κ1) is 11.5. The zero-order valence-electron chi connectivity index (χ0n) is 9.77. The van der Waals surface area contributed by atoms with Gasteiger partial charge >= 0.3 is 0 Å². The van der Waals surface area contributed by atoms with Gasteiger partial charge in [-0.15, -0.1) is 0 Å². The molecule has 88 valence electrons. The predicted octanol–water partition coefficient (Wildman–Crippen LogP) is 2.39. The van der Waals surface area contributed by atoms with E-state index < -0.39 is 5.92 Å². The summed E-state index contributed by atoms with van der Waals surface area (Å²) in [5.41, 5.74) is 0.495. The number of nitrogens with zero attached hydrogens (tertiary/aromatic N) is 1. The van der Waals surface area contributed by atoms with Gasteiger partial charge in [-0.3, -0.25) is 4.79 Å². The topological polar surface area (TPSA) is 59.3 Å². The Morgan fingerprint density at radius 1 is 1.35 bits per heavy atom. The van der Waals surface area contributed by atoms with Crippen molar-refractivity contribution in [3.63, 3.8) is 0 Å². The Bertz CT molecular complexity index is 488. The summed E-state index contributed by atoms with van der Waals surface area (Å²) >= 11 is 0. The third-order valence-corrected chi connectivity index (χ3v) is 2.75. The molecule has 0 saturated carbocycles. The molecule has 1 atom stereocenters. The van der Waals surface area contributed by atoms with E-state index in [1.54, 1.807) is 18.2 Å². The minimum atomic E-state index is -0.615. The van der Waals surface area contributed by atoms with Crippen molar-refractivity contribution in [2.24, 2.45) is 11.8 Å². The van der Waals surface area contributed by atoms with E-state index in [9.17, 15) is 4.79 Å². The Balaban J connectivity index is 2.29. The molecule has 1 heterocycles. The first-order valence-corrected chi connectivity index (χ1v) is 5.47. The van der Waals surface area contributed by atoms with Crippen LogP contribution in [0.1, 0.15) is 24.2 Å². The highest BCUT2D eigenvalue weighted by molar-refractivity contribution is 6.00. The van der Waals surface area contributed by atoms with Crippen molar-refractivity contribution in [3.8, 4) is 17.6 Å². The molecule has 0 saturated heterocycles. The maximum atomic E-state index is 12.1. The summed E-state index contributed by atoms with van der Waals surface area (Å²) in [6.45, 7) is 3.90. The SMILES string of the molecule is CC(C)C(C#N)C(=O)c1ccc2c(c1)OCO2. The molecule has 0 radical (unpaired) electrons. The fourth-order valence-electron chi connectivity index (χ4n) is 1.74. The number of Topliss-reactive ketones (excluding diaryl/α,β-unsaturated/α-hetero) is 1. The standard InChI is InChI=1S/C13H13NO3/c1-8(2)10(6-14)13(15)9-3-4-11-12(5-9)17-7-16-11/h3-5,8,10H,7H2,1-2H3. The molecular formula is C13H13NO3. The van der Waals surface area contributed by atoms with Gasteiger partial charge in [0.1, 0.15) is 5.92 Å². The monoisotopic (exact) mass is 231 g/mol. The second-order valence-electron chi connectivity index (χ2n) is 4.28. The molecule has 1 aromatic carbocycles. The van der Waals surface area contributed by atoms with Gasteiger partial charge < -0.3 is 9.47 Å². The van der Waals surface area contributed by atoms with Gasteiger partial charge in [-0.1, -0.05) is 13.8 Å². The van der Waals surface area contributed by atoms with Gasteiger partial charge in [0.15, 0.2) is 17.3 Å². The summed E-state index contributed by atoms with van der Waals surface area (Å²) in [6, 6.07) is 7.05. The lowest BCUT2D eigenvalue weighted by Gasteiger charge is -2.11. The Morgan fingerprint density at radius 2 is 2.06 bits per heavy atom. The second-order valence-corrected chi connectivity index (χ2v) is 4.28. The number of rotatable bonds is 3. The molecule has 0 aliphatic carbocycles. The molecule has 0 aromatic heterocycles. The van der Waals surface area contributed by atoms with Gasteiger partial charge in [0.05, 0.1) is 6.07 Å². The van der Waals surface area contributed by atoms with Crippen LogP contribution in [0.3, 0.4) is 0 Å². The van der Waals surface area contributed by atoms with E-state index in [0.717, 1.165) is 0 Å². The molecule has 1 unspecified atom stereocenters. The third-order valence-electron chi connectivity index (χ3n) is 2.75. The second kappa shape index (κ2) is 4.46. The third kappa shape index (κ3) is 2.09. The van der Waals surface area contributed by atoms with Crippen LogP contribution in [0.4, 0.5) is 0 Å². The van der Waals surface area contributed by atoms with Crippen LogP contribution in [0, 0.1) is 23.2 Å². The maximum absolute atomic E-state index is 12.1. The summed E-state index contributed by atoms with van der Waals surface area (Å²) in [5, 5.41) is 8.99. The predicted molar refractivity (Wildman–Crippen MR) is 60.8 cm³/mol. The lowest BCUT2D eigenvalue weighted by Crippen LogP contribution is -2.18. The number of ketones is 1. The fourth-order valence-corrected chi connectivity index (χ4v) is 1.74. The molecule has 2 rings (SSSR count). The normalized spacial score (nSPS) is 14.5. The number of nitriles is 1. The zero-order chi connectivity index (χ0) is 12.4. The largest absolute Gasteiger partial charge is 0.454 e. The van der Waals surface area contributed by atoms with Crippen LogP contribution in [0.25, 0.3) is 0 Å². The maximum Gasteiger partial charge on any atom is 0.231 e. The molecule has 1 aromatic rings. The minimum Gasteiger partial charge on any atom is -0.454 e. The van der Waals surface area contributed by atoms with Gasteiger partial charge in [-0.05, 0) is 24.1 Å². The van der Waals surface area contributed by atoms with E-state index >= 15 is 0 Å². The van der Waals surface area contributed by atoms with Crippen molar-refractivity contribution in [2.45, 2.75) is 13.8 Å². The number of benzene rings is 1. The Labute approximate surface area is 99.8 Å². The lowest BCUT2D eigenvalue weighted by atomic mass is 9.89. The number of hydrogen-bond donors (Lipinski definition) is 0. The molecule has 0 fully saturated rings. The van der Waals surface area contributed by atoms with E-state index in [4.69, 9.17) is 14.7 Å². The lowest BCUT2D eigenvalue weighted by molar-refractivity contribution is 0.0924. The highest BCUT2D eigenvalue weighted by Crippen LogP contribution is 2.33. The average molecular weight is 231 g/mol. The van der Waals surface area contributed by atoms with Crippen LogP contribution < -0.4 is 9.47 Å². The molecular weight excluding hydrogens is 218 g/mol. The van der Waals surface area contributed by atoms with E-state index in [1.807, 2.05) is 19.9 Å². The van der Waals surface area contributed by atoms with Gasteiger partial charge in [-0.2, -0.15) is 5.26 Å². The van der Waals surface area contributed by atoms with E-state index in [1.165, 1.54) is 0 Å². The smallest absolute Gasteiger partial charge is 0.231 e. The van der Waals surface area contributed by atoms with Crippen molar-refractivity contribution < 1.29 is 14.3 Å². The molecule has 0 spiro atoms. The van der Waals surface area contributed by atoms with Crippen LogP contribution in [-0.4, -0.2) is 12.6 Å². The molecule has 1 aliphatic heterocycles. The molecule has 0 N–H and O–H groups in total. The van der Waals surface area contributed by atoms with Crippen molar-refractivity contribution in [1.29, 1.82) is 5.26 Å². The summed E-state index contributed by atoms with van der Waals surface area (Å²) in [6.07, 6.45) is 0. The van der Waals surface area contributed by atoms with Crippen molar-refractivity contribution >= 4 is 5.78 Å². The summed E-state index contributed by atoms with van der Waals surface area (Å²) in [7, 11) is 0. The molecule has 17 heavy (non-hydrogen) atoms. The molecule has 4 heteroatoms. The first-order valence-electron chi connectivity index (χ1n) is 5.47. The first-order chi connectivity index (χ1) is 8.13. The molecule has 4 nitrogen and oxygen atoms in total. The number of carbonyl (C=O) groups excluding carboxylic acids is 1. The van der Waals surface area contributed by atoms with Crippen LogP contribution in [0.5, 0.6) is 11.5 Å². The van der Waals surface area contributed by atoms with Gasteiger partial charge in [-0.25, -0.2) is 0 Å². The Morgan fingerprint density at radius 3 is 2.71 bits per heavy atom. The molecule has 1 aliphatic rings. The van der Waals surface area contributed by atoms with Crippen LogP contribution in [-0.2, 0) is 0 Å². The fraction of sp³-hybridized carbons (Fsp3) is 0.385. The Kier molecular flexibility index (Phi) is 3.01. The number of carbonyl (C=O) groups is 1. The van der Waals surface area contributed by atoms with E-state index in [2.05, 4.69) is 0 Å². The van der Waals surface area contributed by atoms with Gasteiger partial charge in [0, 0.05) is 5.56 Å². The van der Waals surface area contributed by atoms with Crippen LogP contribution >= 0.6 is 0 Å². The molecule has 0 amide bonds. The average Bonchev–Trinajstić information content (AvgIpc) is 2.75. The highest BCUT2D eigenvalue weighted by atomic mass is 16.7. The zero-order valence-corrected chi connectivity index (χ0v) is 9.77. The Hall–Kier alpha value is -2.02. The number of fused-ring (bicyclic) bond motifs is 1. The van der Waals surface area contributed by atoms with Crippen LogP contribution in [0.15, 0.2) is 18.2 Å². The van der Waals surface area contributed by atoms with E-state index in [-0.39, 0.29) is 18.5 Å². The summed E-state index contributed by atoms with van der Waals surface area (Å²) < 4.78 is 10.4. The van der Waals surface area contributed by atoms with E-state index in [0.29, 0.717) is 17.1 Å². The van der Waals surface area contributed by atoms with Crippen LogP contribution in [0.2, 0.25) is 0 Å². The number of ether oxygens (including phenoxy) is 2. The van der Waals surface area contributed by atoms with Gasteiger partial charge in [0.25, 0.3) is 0 Å². The minimum absolute atomic E-state index is 0.00192. The quantitative estimate of drug-likeness (QED) is 0.749. The van der Waals surface area contributed by atoms with Gasteiger partial charge in [0.2, 0.25) is 6.79 Å². The summed E-state index contributed by atoms with van der Waals surface area (Å²) in [4.78, 5) is 12.1. The molecule has 0 bridgehead atoms.